The molecule has 9 heteroatoms. The summed E-state index contributed by atoms with van der Waals surface area (Å²) in [6.07, 6.45) is 4.83. The first kappa shape index (κ1) is 17.9. The molecule has 1 saturated heterocycles. The molecule has 3 N–H and O–H groups in total. The average Bonchev–Trinajstić information content (AvgIpc) is 3.28. The first-order valence-corrected chi connectivity index (χ1v) is 10.2. The highest BCUT2D eigenvalue weighted by Crippen LogP contribution is 2.52. The van der Waals surface area contributed by atoms with Crippen LogP contribution in [-0.4, -0.2) is 37.1 Å². The van der Waals surface area contributed by atoms with Crippen molar-refractivity contribution in [1.29, 1.82) is 0 Å². The summed E-state index contributed by atoms with van der Waals surface area (Å²) < 4.78 is 22.6. The van der Waals surface area contributed by atoms with Crippen molar-refractivity contribution in [3.8, 4) is 0 Å². The van der Waals surface area contributed by atoms with E-state index in [1.807, 2.05) is 12.2 Å². The van der Waals surface area contributed by atoms with E-state index in [1.54, 1.807) is 0 Å². The summed E-state index contributed by atoms with van der Waals surface area (Å²) in [6.45, 7) is 1.51. The van der Waals surface area contributed by atoms with Crippen molar-refractivity contribution in [1.82, 2.24) is 4.90 Å². The van der Waals surface area contributed by atoms with Crippen molar-refractivity contribution in [2.45, 2.75) is 24.3 Å². The van der Waals surface area contributed by atoms with Gasteiger partial charge in [-0.05, 0) is 49.4 Å². The molecule has 1 saturated carbocycles. The molecule has 5 atom stereocenters. The third kappa shape index (κ3) is 2.78. The van der Waals surface area contributed by atoms with Crippen molar-refractivity contribution < 1.29 is 22.8 Å². The predicted octanol–water partition coefficient (Wildman–Crippen LogP) is 0.468. The zero-order valence-electron chi connectivity index (χ0n) is 14.5. The van der Waals surface area contributed by atoms with Gasteiger partial charge in [0.2, 0.25) is 27.7 Å². The molecule has 1 aromatic rings. The first-order chi connectivity index (χ1) is 12.7. The molecule has 2 bridgehead atoms. The van der Waals surface area contributed by atoms with Gasteiger partial charge in [0.1, 0.15) is 6.04 Å². The largest absolute Gasteiger partial charge is 0.324 e. The molecule has 1 aliphatic heterocycles. The maximum absolute atomic E-state index is 12.8. The van der Waals surface area contributed by atoms with Crippen LogP contribution in [0.5, 0.6) is 0 Å². The van der Waals surface area contributed by atoms with Crippen LogP contribution >= 0.6 is 0 Å². The van der Waals surface area contributed by atoms with Crippen molar-refractivity contribution >= 4 is 33.4 Å². The Morgan fingerprint density at radius 1 is 1.11 bits per heavy atom. The number of hydrogen-bond acceptors (Lipinski definition) is 5. The fraction of sp³-hybridized carbons (Fsp3) is 0.389. The summed E-state index contributed by atoms with van der Waals surface area (Å²) in [5.74, 6) is -1.61. The first-order valence-electron chi connectivity index (χ1n) is 8.67. The normalized spacial score (nSPS) is 29.9. The number of hydrogen-bond donors (Lipinski definition) is 2. The molecule has 8 nitrogen and oxygen atoms in total. The number of nitrogens with one attached hydrogen (secondary N) is 1. The summed E-state index contributed by atoms with van der Waals surface area (Å²) >= 11 is 0. The maximum Gasteiger partial charge on any atom is 0.247 e. The lowest BCUT2D eigenvalue weighted by Gasteiger charge is -2.23. The van der Waals surface area contributed by atoms with Gasteiger partial charge in [0, 0.05) is 5.69 Å². The van der Waals surface area contributed by atoms with Crippen LogP contribution in [0.1, 0.15) is 13.3 Å². The molecule has 2 aliphatic carbocycles. The molecule has 1 aromatic carbocycles. The van der Waals surface area contributed by atoms with Crippen molar-refractivity contribution in [2.75, 3.05) is 5.32 Å². The summed E-state index contributed by atoms with van der Waals surface area (Å²) in [4.78, 5) is 39.1. The van der Waals surface area contributed by atoms with Gasteiger partial charge in [-0.1, -0.05) is 12.2 Å². The number of nitrogens with two attached hydrogens (primary N) is 1. The molecule has 0 spiro atoms. The van der Waals surface area contributed by atoms with Gasteiger partial charge in [-0.3, -0.25) is 19.3 Å². The molecule has 3 amide bonds. The molecule has 4 rings (SSSR count). The Balaban J connectivity index is 1.48. The zero-order chi connectivity index (χ0) is 19.5. The molecule has 3 aliphatic rings. The van der Waals surface area contributed by atoms with E-state index in [2.05, 4.69) is 5.32 Å². The van der Waals surface area contributed by atoms with Crippen LogP contribution in [0.3, 0.4) is 0 Å². The molecule has 2 fully saturated rings. The van der Waals surface area contributed by atoms with E-state index < -0.39 is 22.0 Å². The molecule has 142 valence electrons. The number of allylic oxidation sites excluding steroid dienone is 2. The number of amides is 3. The molecule has 27 heavy (non-hydrogen) atoms. The van der Waals surface area contributed by atoms with E-state index in [9.17, 15) is 22.8 Å². The van der Waals surface area contributed by atoms with E-state index in [1.165, 1.54) is 31.2 Å². The van der Waals surface area contributed by atoms with Crippen molar-refractivity contribution in [3.05, 3.63) is 36.4 Å². The Labute approximate surface area is 156 Å². The van der Waals surface area contributed by atoms with E-state index >= 15 is 0 Å². The van der Waals surface area contributed by atoms with Gasteiger partial charge in [-0.15, -0.1) is 0 Å². The quantitative estimate of drug-likeness (QED) is 0.572. The van der Waals surface area contributed by atoms with E-state index in [4.69, 9.17) is 5.14 Å². The Morgan fingerprint density at radius 2 is 1.63 bits per heavy atom. The maximum atomic E-state index is 12.8. The number of likely N-dealkylation sites (tertiary alicyclic amines) is 1. The Bertz CT molecular complexity index is 939. The second kappa shape index (κ2) is 6.00. The van der Waals surface area contributed by atoms with Gasteiger partial charge >= 0.3 is 0 Å². The predicted molar refractivity (Wildman–Crippen MR) is 95.5 cm³/mol. The van der Waals surface area contributed by atoms with Crippen molar-refractivity contribution in [3.63, 3.8) is 0 Å². The third-order valence-electron chi connectivity index (χ3n) is 5.72. The summed E-state index contributed by atoms with van der Waals surface area (Å²) in [7, 11) is -3.82. The van der Waals surface area contributed by atoms with Gasteiger partial charge in [0.05, 0.1) is 16.7 Å². The topological polar surface area (TPSA) is 127 Å². The highest BCUT2D eigenvalue weighted by atomic mass is 32.2. The Kier molecular flexibility index (Phi) is 3.97. The number of imide groups is 1. The van der Waals surface area contributed by atoms with Gasteiger partial charge < -0.3 is 5.32 Å². The fourth-order valence-electron chi connectivity index (χ4n) is 4.40. The zero-order valence-corrected chi connectivity index (χ0v) is 15.3. The average molecular weight is 389 g/mol. The number of anilines is 1. The third-order valence-corrected chi connectivity index (χ3v) is 6.65. The minimum atomic E-state index is -3.82. The van der Waals surface area contributed by atoms with Crippen LogP contribution in [0, 0.1) is 23.7 Å². The highest BCUT2D eigenvalue weighted by Gasteiger charge is 2.60. The number of benzene rings is 1. The van der Waals surface area contributed by atoms with Gasteiger partial charge in [-0.25, -0.2) is 13.6 Å². The van der Waals surface area contributed by atoms with Crippen LogP contribution in [0.25, 0.3) is 0 Å². The number of sulfonamides is 1. The lowest BCUT2D eigenvalue weighted by molar-refractivity contribution is -0.146. The fourth-order valence-corrected chi connectivity index (χ4v) is 4.91. The smallest absolute Gasteiger partial charge is 0.247 e. The van der Waals surface area contributed by atoms with Crippen molar-refractivity contribution in [2.24, 2.45) is 28.8 Å². The lowest BCUT2D eigenvalue weighted by Crippen LogP contribution is -2.46. The number of fused-ring (bicyclic) bond motifs is 5. The SMILES string of the molecule is C[C@@H](C(=O)Nc1ccc(S(N)(=O)=O)cc1)N1C(=O)[C@@H]2[C@H](C1=O)[C@H]1C=C[C@H]2C1. The van der Waals surface area contributed by atoms with Gasteiger partial charge in [0.15, 0.2) is 0 Å². The van der Waals surface area contributed by atoms with E-state index in [0.717, 1.165) is 11.3 Å². The van der Waals surface area contributed by atoms with Crippen LogP contribution in [0.4, 0.5) is 5.69 Å². The van der Waals surface area contributed by atoms with Gasteiger partial charge in [-0.2, -0.15) is 0 Å². The van der Waals surface area contributed by atoms with E-state index in [-0.39, 0.29) is 40.4 Å². The molecule has 1 heterocycles. The number of nitrogens with zero attached hydrogens (tertiary/aromatic N) is 1. The number of primary sulfonamides is 1. The summed E-state index contributed by atoms with van der Waals surface area (Å²) in [5.41, 5.74) is 0.347. The number of rotatable bonds is 4. The second-order valence-corrected chi connectivity index (χ2v) is 8.84. The monoisotopic (exact) mass is 389 g/mol. The molecule has 0 unspecified atom stereocenters. The Morgan fingerprint density at radius 3 is 2.11 bits per heavy atom. The second-order valence-electron chi connectivity index (χ2n) is 7.28. The summed E-state index contributed by atoms with van der Waals surface area (Å²) in [6, 6.07) is 4.40. The molecule has 0 aromatic heterocycles. The minimum absolute atomic E-state index is 0.0748. The molecule has 0 radical (unpaired) electrons. The summed E-state index contributed by atoms with van der Waals surface area (Å²) in [5, 5.41) is 7.65. The lowest BCUT2D eigenvalue weighted by atomic mass is 9.85. The van der Waals surface area contributed by atoms with Crippen LogP contribution < -0.4 is 10.5 Å². The Hall–Kier alpha value is -2.52. The molecular formula is C18H19N3O5S. The minimum Gasteiger partial charge on any atom is -0.324 e. The number of carbonyl (C=O) groups excluding carboxylic acids is 3. The van der Waals surface area contributed by atoms with Crippen LogP contribution in [0.15, 0.2) is 41.3 Å². The standard InChI is InChI=1S/C18H19N3O5S/c1-9(16(22)20-12-4-6-13(7-5-12)27(19,25)26)21-17(23)14-10-2-3-11(8-10)15(14)18(21)24/h2-7,9-11,14-15H,8H2,1H3,(H,20,22)(H2,19,25,26)/t9-,10-,11-,14-,15+/m0/s1. The molecular weight excluding hydrogens is 370 g/mol. The van der Waals surface area contributed by atoms with Gasteiger partial charge in [0.25, 0.3) is 0 Å². The van der Waals surface area contributed by atoms with Crippen LogP contribution in [-0.2, 0) is 24.4 Å². The van der Waals surface area contributed by atoms with Crippen LogP contribution in [0.2, 0.25) is 0 Å². The highest BCUT2D eigenvalue weighted by molar-refractivity contribution is 7.89. The number of carbonyl (C=O) groups is 3. The van der Waals surface area contributed by atoms with E-state index in [0.29, 0.717) is 5.69 Å².